The molecule has 0 bridgehead atoms. The van der Waals surface area contributed by atoms with Crippen molar-refractivity contribution in [2.75, 3.05) is 20.3 Å². The zero-order valence-corrected chi connectivity index (χ0v) is 14.1. The van der Waals surface area contributed by atoms with Crippen LogP contribution in [0.2, 0.25) is 0 Å². The van der Waals surface area contributed by atoms with E-state index in [0.29, 0.717) is 0 Å². The molecule has 0 saturated carbocycles. The van der Waals surface area contributed by atoms with Crippen LogP contribution >= 0.6 is 22.7 Å². The lowest BCUT2D eigenvalue weighted by molar-refractivity contribution is 0.150. The van der Waals surface area contributed by atoms with E-state index in [2.05, 4.69) is 48.1 Å². The summed E-state index contributed by atoms with van der Waals surface area (Å²) in [6.45, 7) is 7.36. The van der Waals surface area contributed by atoms with E-state index in [4.69, 9.17) is 4.74 Å². The Morgan fingerprint density at radius 1 is 1.30 bits per heavy atom. The van der Waals surface area contributed by atoms with Crippen molar-refractivity contribution >= 4 is 22.7 Å². The molecule has 0 aliphatic carbocycles. The first-order valence-electron chi connectivity index (χ1n) is 6.92. The maximum atomic E-state index is 5.16. The van der Waals surface area contributed by atoms with Gasteiger partial charge in [-0.15, -0.1) is 22.7 Å². The Labute approximate surface area is 129 Å². The van der Waals surface area contributed by atoms with Crippen molar-refractivity contribution in [2.45, 2.75) is 26.8 Å². The summed E-state index contributed by atoms with van der Waals surface area (Å²) in [6.07, 6.45) is 1.08. The van der Waals surface area contributed by atoms with E-state index >= 15 is 0 Å². The lowest BCUT2D eigenvalue weighted by Crippen LogP contribution is -2.29. The molecule has 0 aliphatic rings. The first kappa shape index (κ1) is 15.7. The van der Waals surface area contributed by atoms with Crippen LogP contribution in [0.1, 0.15) is 25.1 Å². The predicted octanol–water partition coefficient (Wildman–Crippen LogP) is 4.63. The molecule has 0 aliphatic heterocycles. The first-order chi connectivity index (χ1) is 9.61. The van der Waals surface area contributed by atoms with Crippen molar-refractivity contribution in [1.82, 2.24) is 5.32 Å². The highest BCUT2D eigenvalue weighted by molar-refractivity contribution is 7.14. The van der Waals surface area contributed by atoms with Gasteiger partial charge in [-0.3, -0.25) is 0 Å². The topological polar surface area (TPSA) is 21.3 Å². The van der Waals surface area contributed by atoms with E-state index in [1.54, 1.807) is 18.4 Å². The van der Waals surface area contributed by atoms with Gasteiger partial charge in [-0.05, 0) is 34.7 Å². The number of rotatable bonds is 8. The molecule has 0 aromatic carbocycles. The van der Waals surface area contributed by atoms with E-state index in [1.807, 2.05) is 11.3 Å². The van der Waals surface area contributed by atoms with E-state index in [0.717, 1.165) is 26.1 Å². The SMILES string of the molecule is COCCC(C)(C)CNCc1cc(-c2cccs2)cs1. The zero-order valence-electron chi connectivity index (χ0n) is 12.4. The number of thiophene rings is 2. The molecule has 0 atom stereocenters. The Hall–Kier alpha value is -0.680. The molecule has 0 spiro atoms. The smallest absolute Gasteiger partial charge is 0.0467 e. The summed E-state index contributed by atoms with van der Waals surface area (Å²) >= 11 is 3.63. The third-order valence-electron chi connectivity index (χ3n) is 3.35. The number of methoxy groups -OCH3 is 1. The fraction of sp³-hybridized carbons (Fsp3) is 0.500. The van der Waals surface area contributed by atoms with Gasteiger partial charge in [0.25, 0.3) is 0 Å². The molecular weight excluding hydrogens is 286 g/mol. The van der Waals surface area contributed by atoms with Crippen LogP contribution in [0.3, 0.4) is 0 Å². The van der Waals surface area contributed by atoms with Gasteiger partial charge in [0.15, 0.2) is 0 Å². The van der Waals surface area contributed by atoms with Crippen molar-refractivity contribution in [1.29, 1.82) is 0 Å². The van der Waals surface area contributed by atoms with Gasteiger partial charge in [0.05, 0.1) is 0 Å². The average molecular weight is 310 g/mol. The molecule has 4 heteroatoms. The monoisotopic (exact) mass is 309 g/mol. The highest BCUT2D eigenvalue weighted by atomic mass is 32.1. The molecule has 2 aromatic heterocycles. The molecule has 2 rings (SSSR count). The largest absolute Gasteiger partial charge is 0.385 e. The van der Waals surface area contributed by atoms with Gasteiger partial charge in [0.2, 0.25) is 0 Å². The molecule has 0 amide bonds. The molecule has 2 aromatic rings. The highest BCUT2D eigenvalue weighted by Gasteiger charge is 2.16. The molecule has 20 heavy (non-hydrogen) atoms. The van der Waals surface area contributed by atoms with Crippen molar-refractivity contribution in [2.24, 2.45) is 5.41 Å². The van der Waals surface area contributed by atoms with Gasteiger partial charge in [-0.25, -0.2) is 0 Å². The van der Waals surface area contributed by atoms with E-state index in [-0.39, 0.29) is 5.41 Å². The van der Waals surface area contributed by atoms with Gasteiger partial charge in [-0.1, -0.05) is 19.9 Å². The van der Waals surface area contributed by atoms with E-state index in [1.165, 1.54) is 15.3 Å². The molecule has 2 nitrogen and oxygen atoms in total. The van der Waals surface area contributed by atoms with Crippen molar-refractivity contribution in [3.8, 4) is 10.4 Å². The lowest BCUT2D eigenvalue weighted by Gasteiger charge is -2.24. The quantitative estimate of drug-likeness (QED) is 0.767. The maximum Gasteiger partial charge on any atom is 0.0467 e. The minimum absolute atomic E-state index is 0.282. The third kappa shape index (κ3) is 4.70. The minimum Gasteiger partial charge on any atom is -0.385 e. The first-order valence-corrected chi connectivity index (χ1v) is 8.68. The van der Waals surface area contributed by atoms with E-state index in [9.17, 15) is 0 Å². The average Bonchev–Trinajstić information content (AvgIpc) is 3.06. The van der Waals surface area contributed by atoms with Gasteiger partial charge in [0, 0.05) is 42.1 Å². The highest BCUT2D eigenvalue weighted by Crippen LogP contribution is 2.29. The predicted molar refractivity (Wildman–Crippen MR) is 89.6 cm³/mol. The zero-order chi connectivity index (χ0) is 14.4. The molecule has 0 fully saturated rings. The Morgan fingerprint density at radius 2 is 2.15 bits per heavy atom. The van der Waals surface area contributed by atoms with Gasteiger partial charge in [0.1, 0.15) is 0 Å². The molecule has 0 radical (unpaired) electrons. The van der Waals surface area contributed by atoms with Crippen LogP contribution < -0.4 is 5.32 Å². The summed E-state index contributed by atoms with van der Waals surface area (Å²) in [5.41, 5.74) is 1.63. The fourth-order valence-corrected chi connectivity index (χ4v) is 3.68. The Kier molecular flexibility index (Phi) is 5.78. The second-order valence-electron chi connectivity index (χ2n) is 5.79. The Bertz CT molecular complexity index is 502. The van der Waals surface area contributed by atoms with Crippen molar-refractivity contribution < 1.29 is 4.74 Å². The molecule has 2 heterocycles. The number of hydrogen-bond acceptors (Lipinski definition) is 4. The molecule has 0 saturated heterocycles. The summed E-state index contributed by atoms with van der Waals surface area (Å²) in [5, 5.41) is 7.94. The number of nitrogens with one attached hydrogen (secondary N) is 1. The Balaban J connectivity index is 1.80. The maximum absolute atomic E-state index is 5.16. The summed E-state index contributed by atoms with van der Waals surface area (Å²) < 4.78 is 5.16. The summed E-state index contributed by atoms with van der Waals surface area (Å²) in [5.74, 6) is 0. The Morgan fingerprint density at radius 3 is 2.85 bits per heavy atom. The second kappa shape index (κ2) is 7.36. The summed E-state index contributed by atoms with van der Waals surface area (Å²) in [4.78, 5) is 2.75. The van der Waals surface area contributed by atoms with Gasteiger partial charge >= 0.3 is 0 Å². The molecule has 1 N–H and O–H groups in total. The molecule has 110 valence electrons. The summed E-state index contributed by atoms with van der Waals surface area (Å²) in [7, 11) is 1.77. The van der Waals surface area contributed by atoms with Gasteiger partial charge in [-0.2, -0.15) is 0 Å². The van der Waals surface area contributed by atoms with Crippen LogP contribution in [0.25, 0.3) is 10.4 Å². The lowest BCUT2D eigenvalue weighted by atomic mass is 9.90. The number of ether oxygens (including phenoxy) is 1. The van der Waals surface area contributed by atoms with Gasteiger partial charge < -0.3 is 10.1 Å². The van der Waals surface area contributed by atoms with Crippen LogP contribution in [0, 0.1) is 5.41 Å². The van der Waals surface area contributed by atoms with Crippen molar-refractivity contribution in [3.05, 3.63) is 33.8 Å². The summed E-state index contributed by atoms with van der Waals surface area (Å²) in [6, 6.07) is 6.58. The fourth-order valence-electron chi connectivity index (χ4n) is 2.04. The van der Waals surface area contributed by atoms with Crippen molar-refractivity contribution in [3.63, 3.8) is 0 Å². The molecule has 0 unspecified atom stereocenters. The normalized spacial score (nSPS) is 11.9. The number of hydrogen-bond donors (Lipinski definition) is 1. The van der Waals surface area contributed by atoms with Crippen LogP contribution in [0.5, 0.6) is 0 Å². The van der Waals surface area contributed by atoms with E-state index < -0.39 is 0 Å². The molecular formula is C16H23NOS2. The standard InChI is InChI=1S/C16H23NOS2/c1-16(2,6-7-18-3)12-17-10-14-9-13(11-20-14)15-5-4-8-19-15/h4-5,8-9,11,17H,6-7,10,12H2,1-3H3. The third-order valence-corrected chi connectivity index (χ3v) is 5.20. The second-order valence-corrected chi connectivity index (χ2v) is 7.73. The van der Waals surface area contributed by atoms with Crippen LogP contribution in [-0.2, 0) is 11.3 Å². The van der Waals surface area contributed by atoms with Crippen LogP contribution in [0.15, 0.2) is 29.0 Å². The van der Waals surface area contributed by atoms with Crippen LogP contribution in [-0.4, -0.2) is 20.3 Å². The van der Waals surface area contributed by atoms with Crippen LogP contribution in [0.4, 0.5) is 0 Å². The minimum atomic E-state index is 0.282.